The van der Waals surface area contributed by atoms with Crippen LogP contribution in [0.15, 0.2) is 23.4 Å². The summed E-state index contributed by atoms with van der Waals surface area (Å²) in [6.07, 6.45) is 2.78. The molecule has 0 fully saturated rings. The molecule has 0 amide bonds. The fraction of sp³-hybridized carbons (Fsp3) is 0.583. The van der Waals surface area contributed by atoms with Crippen LogP contribution < -0.4 is 5.73 Å². The van der Waals surface area contributed by atoms with Gasteiger partial charge in [0, 0.05) is 31.5 Å². The fourth-order valence-electron chi connectivity index (χ4n) is 2.07. The number of nitrogen functional groups attached to an aromatic ring is 1. The van der Waals surface area contributed by atoms with Crippen molar-refractivity contribution < 1.29 is 8.42 Å². The highest BCUT2D eigenvalue weighted by Gasteiger charge is 2.29. The van der Waals surface area contributed by atoms with Gasteiger partial charge in [-0.25, -0.2) is 8.42 Å². The van der Waals surface area contributed by atoms with Crippen LogP contribution in [0.3, 0.4) is 0 Å². The molecular formula is C12H22N4O2S. The molecule has 1 rings (SSSR count). The maximum absolute atomic E-state index is 12.6. The van der Waals surface area contributed by atoms with Gasteiger partial charge in [0.25, 0.3) is 0 Å². The molecule has 0 radical (unpaired) electrons. The van der Waals surface area contributed by atoms with E-state index in [0.29, 0.717) is 13.1 Å². The van der Waals surface area contributed by atoms with Crippen LogP contribution in [0.1, 0.15) is 13.8 Å². The SMILES string of the molecule is CCN(C(C)CN(C)C)S(=O)(=O)c1cnccc1N. The van der Waals surface area contributed by atoms with E-state index in [9.17, 15) is 8.42 Å². The molecule has 2 N–H and O–H groups in total. The molecule has 0 bridgehead atoms. The summed E-state index contributed by atoms with van der Waals surface area (Å²) in [6, 6.07) is 1.36. The molecule has 0 aromatic carbocycles. The quantitative estimate of drug-likeness (QED) is 0.829. The standard InChI is InChI=1S/C12H22N4O2S/c1-5-16(10(2)9-15(3)4)19(17,18)12-8-14-7-6-11(12)13/h6-8,10H,5,9H2,1-4H3,(H2,13,14). The Bertz CT molecular complexity index is 516. The zero-order valence-corrected chi connectivity index (χ0v) is 12.7. The first kappa shape index (κ1) is 15.9. The third-order valence-corrected chi connectivity index (χ3v) is 4.97. The number of pyridine rings is 1. The van der Waals surface area contributed by atoms with Gasteiger partial charge in [0.05, 0.1) is 5.69 Å². The summed E-state index contributed by atoms with van der Waals surface area (Å²) in [4.78, 5) is 5.88. The molecule has 1 unspecified atom stereocenters. The molecule has 0 saturated carbocycles. The Labute approximate surface area is 115 Å². The maximum Gasteiger partial charge on any atom is 0.246 e. The highest BCUT2D eigenvalue weighted by atomic mass is 32.2. The Morgan fingerprint density at radius 1 is 1.42 bits per heavy atom. The van der Waals surface area contributed by atoms with Crippen molar-refractivity contribution in [2.24, 2.45) is 0 Å². The third-order valence-electron chi connectivity index (χ3n) is 2.84. The van der Waals surface area contributed by atoms with E-state index in [1.165, 1.54) is 22.8 Å². The number of rotatable bonds is 6. The third kappa shape index (κ3) is 3.65. The predicted molar refractivity (Wildman–Crippen MR) is 76.2 cm³/mol. The smallest absolute Gasteiger partial charge is 0.246 e. The first-order valence-electron chi connectivity index (χ1n) is 6.16. The van der Waals surface area contributed by atoms with Gasteiger partial charge in [0.1, 0.15) is 4.90 Å². The number of aromatic nitrogens is 1. The van der Waals surface area contributed by atoms with Crippen LogP contribution in [0.5, 0.6) is 0 Å². The Balaban J connectivity index is 3.13. The van der Waals surface area contributed by atoms with Gasteiger partial charge in [0.15, 0.2) is 0 Å². The highest BCUT2D eigenvalue weighted by molar-refractivity contribution is 7.89. The van der Waals surface area contributed by atoms with E-state index in [4.69, 9.17) is 5.73 Å². The second-order valence-corrected chi connectivity index (χ2v) is 6.59. The van der Waals surface area contributed by atoms with Gasteiger partial charge in [-0.2, -0.15) is 4.31 Å². The highest BCUT2D eigenvalue weighted by Crippen LogP contribution is 2.22. The minimum atomic E-state index is -3.61. The van der Waals surface area contributed by atoms with Gasteiger partial charge in [-0.15, -0.1) is 0 Å². The van der Waals surface area contributed by atoms with Crippen LogP contribution in [0.2, 0.25) is 0 Å². The molecule has 1 atom stereocenters. The Morgan fingerprint density at radius 3 is 2.53 bits per heavy atom. The van der Waals surface area contributed by atoms with Gasteiger partial charge in [-0.05, 0) is 27.1 Å². The summed E-state index contributed by atoms with van der Waals surface area (Å²) in [5.74, 6) is 0. The van der Waals surface area contributed by atoms with Crippen molar-refractivity contribution in [3.8, 4) is 0 Å². The minimum Gasteiger partial charge on any atom is -0.398 e. The number of nitrogens with two attached hydrogens (primary N) is 1. The second-order valence-electron chi connectivity index (χ2n) is 4.73. The first-order chi connectivity index (χ1) is 8.80. The van der Waals surface area contributed by atoms with E-state index in [1.54, 1.807) is 0 Å². The lowest BCUT2D eigenvalue weighted by molar-refractivity contribution is 0.271. The molecule has 1 aromatic rings. The van der Waals surface area contributed by atoms with E-state index < -0.39 is 10.0 Å². The number of hydrogen-bond acceptors (Lipinski definition) is 5. The summed E-state index contributed by atoms with van der Waals surface area (Å²) in [6.45, 7) is 4.74. The van der Waals surface area contributed by atoms with Crippen molar-refractivity contribution in [1.29, 1.82) is 0 Å². The van der Waals surface area contributed by atoms with Gasteiger partial charge >= 0.3 is 0 Å². The van der Waals surface area contributed by atoms with Gasteiger partial charge in [-0.1, -0.05) is 6.92 Å². The first-order valence-corrected chi connectivity index (χ1v) is 7.60. The van der Waals surface area contributed by atoms with Crippen molar-refractivity contribution >= 4 is 15.7 Å². The fourth-order valence-corrected chi connectivity index (χ4v) is 3.76. The van der Waals surface area contributed by atoms with Crippen LogP contribution in [0.25, 0.3) is 0 Å². The average molecular weight is 286 g/mol. The van der Waals surface area contributed by atoms with Crippen molar-refractivity contribution in [2.45, 2.75) is 24.8 Å². The van der Waals surface area contributed by atoms with Crippen LogP contribution in [-0.2, 0) is 10.0 Å². The van der Waals surface area contributed by atoms with E-state index in [0.717, 1.165) is 0 Å². The predicted octanol–water partition coefficient (Wildman–Crippen LogP) is 0.625. The molecule has 0 saturated heterocycles. The Hall–Kier alpha value is -1.18. The summed E-state index contributed by atoms with van der Waals surface area (Å²) in [7, 11) is 0.217. The topological polar surface area (TPSA) is 79.5 Å². The van der Waals surface area contributed by atoms with Crippen LogP contribution in [0.4, 0.5) is 5.69 Å². The monoisotopic (exact) mass is 286 g/mol. The molecule has 6 nitrogen and oxygen atoms in total. The lowest BCUT2D eigenvalue weighted by Gasteiger charge is -2.29. The summed E-state index contributed by atoms with van der Waals surface area (Å²) >= 11 is 0. The zero-order valence-electron chi connectivity index (χ0n) is 11.9. The number of hydrogen-bond donors (Lipinski definition) is 1. The summed E-state index contributed by atoms with van der Waals surface area (Å²) in [5, 5.41) is 0. The molecule has 0 aliphatic carbocycles. The molecule has 19 heavy (non-hydrogen) atoms. The molecule has 0 aliphatic rings. The average Bonchev–Trinajstić information content (AvgIpc) is 2.28. The van der Waals surface area contributed by atoms with Crippen molar-refractivity contribution in [1.82, 2.24) is 14.2 Å². The van der Waals surface area contributed by atoms with Crippen molar-refractivity contribution in [3.05, 3.63) is 18.5 Å². The van der Waals surface area contributed by atoms with E-state index in [-0.39, 0.29) is 16.6 Å². The zero-order chi connectivity index (χ0) is 14.6. The molecule has 0 spiro atoms. The van der Waals surface area contributed by atoms with Gasteiger partial charge in [-0.3, -0.25) is 4.98 Å². The molecule has 1 aromatic heterocycles. The number of sulfonamides is 1. The van der Waals surface area contributed by atoms with Crippen LogP contribution in [0, 0.1) is 0 Å². The van der Waals surface area contributed by atoms with E-state index in [1.807, 2.05) is 32.8 Å². The van der Waals surface area contributed by atoms with Gasteiger partial charge < -0.3 is 10.6 Å². The maximum atomic E-state index is 12.6. The van der Waals surface area contributed by atoms with Gasteiger partial charge in [0.2, 0.25) is 10.0 Å². The largest absolute Gasteiger partial charge is 0.398 e. The van der Waals surface area contributed by atoms with E-state index >= 15 is 0 Å². The minimum absolute atomic E-state index is 0.0717. The molecular weight excluding hydrogens is 264 g/mol. The van der Waals surface area contributed by atoms with Crippen molar-refractivity contribution in [2.75, 3.05) is 32.9 Å². The Kier molecular flexibility index (Phi) is 5.28. The number of nitrogens with zero attached hydrogens (tertiary/aromatic N) is 3. The second kappa shape index (κ2) is 6.31. The number of likely N-dealkylation sites (N-methyl/N-ethyl adjacent to an activating group) is 2. The van der Waals surface area contributed by atoms with Crippen molar-refractivity contribution in [3.63, 3.8) is 0 Å². The Morgan fingerprint density at radius 2 is 2.05 bits per heavy atom. The van der Waals surface area contributed by atoms with E-state index in [2.05, 4.69) is 4.98 Å². The lowest BCUT2D eigenvalue weighted by atomic mass is 10.3. The summed E-state index contributed by atoms with van der Waals surface area (Å²) < 4.78 is 26.6. The molecule has 1 heterocycles. The molecule has 108 valence electrons. The lowest BCUT2D eigenvalue weighted by Crippen LogP contribution is -2.43. The number of anilines is 1. The molecule has 0 aliphatic heterocycles. The normalized spacial score (nSPS) is 14.0. The summed E-state index contributed by atoms with van der Waals surface area (Å²) in [5.41, 5.74) is 5.97. The van der Waals surface area contributed by atoms with Crippen LogP contribution >= 0.6 is 0 Å². The van der Waals surface area contributed by atoms with Crippen LogP contribution in [-0.4, -0.2) is 55.8 Å². The molecule has 7 heteroatoms.